The van der Waals surface area contributed by atoms with Crippen LogP contribution in [0, 0.1) is 17.3 Å². The minimum atomic E-state index is -4.57. The van der Waals surface area contributed by atoms with Gasteiger partial charge in [-0.3, -0.25) is 29.3 Å². The number of nitrogens with zero attached hydrogens (tertiary/aromatic N) is 6. The molecule has 3 aliphatic heterocycles. The van der Waals surface area contributed by atoms with Gasteiger partial charge in [-0.25, -0.2) is 10.4 Å². The number of carbonyl (C=O) groups excluding carboxylic acids is 4. The number of aldehydes is 1. The number of amides is 3. The number of hydrogen-bond acceptors (Lipinski definition) is 12. The number of pyridine rings is 1. The molecule has 6 heterocycles. The molecule has 3 atom stereocenters. The molecule has 0 radical (unpaired) electrons. The van der Waals surface area contributed by atoms with Crippen LogP contribution in [-0.4, -0.2) is 143 Å². The van der Waals surface area contributed by atoms with Gasteiger partial charge in [-0.2, -0.15) is 13.2 Å². The summed E-state index contributed by atoms with van der Waals surface area (Å²) < 4.78 is 63.1. The Hall–Kier alpha value is -5.23. The van der Waals surface area contributed by atoms with Gasteiger partial charge in [0.1, 0.15) is 24.4 Å². The average Bonchev–Trinajstić information content (AvgIpc) is 3.86. The van der Waals surface area contributed by atoms with Crippen molar-refractivity contribution >= 4 is 46.2 Å². The number of fused-ring (bicyclic) bond motifs is 6. The molecule has 1 aromatic carbocycles. The Morgan fingerprint density at radius 2 is 1.94 bits per heavy atom. The van der Waals surface area contributed by atoms with Crippen LogP contribution in [-0.2, 0) is 52.8 Å². The maximum atomic E-state index is 14.6. The second kappa shape index (κ2) is 20.4. The van der Waals surface area contributed by atoms with Gasteiger partial charge in [0.25, 0.3) is 11.8 Å². The second-order valence-electron chi connectivity index (χ2n) is 19.5. The van der Waals surface area contributed by atoms with Crippen LogP contribution in [0.5, 0.6) is 0 Å². The Balaban J connectivity index is 1.19. The van der Waals surface area contributed by atoms with Crippen molar-refractivity contribution in [1.29, 1.82) is 0 Å². The molecule has 6 bridgehead atoms. The normalized spacial score (nSPS) is 20.9. The molecule has 3 amide bonds. The van der Waals surface area contributed by atoms with E-state index in [1.165, 1.54) is 28.0 Å². The van der Waals surface area contributed by atoms with Crippen LogP contribution < -0.4 is 10.7 Å². The first-order valence-electron chi connectivity index (χ1n) is 22.8. The van der Waals surface area contributed by atoms with Crippen LogP contribution in [0.4, 0.5) is 13.2 Å². The summed E-state index contributed by atoms with van der Waals surface area (Å²) in [4.78, 5) is 66.5. The number of hydrazine groups is 1. The van der Waals surface area contributed by atoms with Gasteiger partial charge >= 0.3 is 6.18 Å². The first kappa shape index (κ1) is 50.6. The van der Waals surface area contributed by atoms with Crippen LogP contribution in [0.1, 0.15) is 76.3 Å². The number of halogens is 3. The molecule has 0 aliphatic carbocycles. The van der Waals surface area contributed by atoms with Crippen LogP contribution in [0.3, 0.4) is 0 Å². The fourth-order valence-electron chi connectivity index (χ4n) is 8.62. The van der Waals surface area contributed by atoms with Crippen molar-refractivity contribution < 1.29 is 46.6 Å². The largest absolute Gasteiger partial charge is 0.406 e. The lowest BCUT2D eigenvalue weighted by Gasteiger charge is -2.41. The number of methoxy groups -OCH3 is 1. The van der Waals surface area contributed by atoms with Gasteiger partial charge in [0.15, 0.2) is 0 Å². The number of ether oxygens (including phenoxy) is 3. The zero-order valence-corrected chi connectivity index (χ0v) is 40.7. The highest BCUT2D eigenvalue weighted by Crippen LogP contribution is 2.43. The third-order valence-corrected chi connectivity index (χ3v) is 13.8. The van der Waals surface area contributed by atoms with E-state index in [2.05, 4.69) is 27.6 Å². The lowest BCUT2D eigenvalue weighted by atomic mass is 9.84. The smallest absolute Gasteiger partial charge is 0.378 e. The van der Waals surface area contributed by atoms with Gasteiger partial charge in [-0.15, -0.1) is 11.3 Å². The SMILES string of the molecule is CO[C@@H](C)c1ncccc1-c1c2c3cc(ccc3n1CC(F)(F)F)-c1csc(n1)C[C@H](NC(=O)CCOC1CN(C(=O)C#CC(C)(C)N(C)C)C1)C(=O)N1CCC[C@](C=O)(COCC(C)(C)C2)N1. The van der Waals surface area contributed by atoms with Crippen molar-refractivity contribution in [2.24, 2.45) is 5.41 Å². The van der Waals surface area contributed by atoms with Crippen LogP contribution in [0.25, 0.3) is 33.4 Å². The van der Waals surface area contributed by atoms with Gasteiger partial charge < -0.3 is 33.8 Å². The summed E-state index contributed by atoms with van der Waals surface area (Å²) in [6.07, 6.45) is -1.95. The number of rotatable bonds is 11. The van der Waals surface area contributed by atoms with Gasteiger partial charge in [-0.1, -0.05) is 25.8 Å². The van der Waals surface area contributed by atoms with E-state index in [1.807, 2.05) is 58.1 Å². The number of likely N-dealkylation sites (tertiary alicyclic amines) is 1. The van der Waals surface area contributed by atoms with Gasteiger partial charge in [-0.05, 0) is 95.3 Å². The molecule has 3 aliphatic rings. The molecule has 15 nitrogen and oxygen atoms in total. The molecule has 0 spiro atoms. The van der Waals surface area contributed by atoms with Crippen molar-refractivity contribution in [2.75, 3.05) is 60.7 Å². The number of hydrogen-bond donors (Lipinski definition) is 2. The predicted molar refractivity (Wildman–Crippen MR) is 251 cm³/mol. The Morgan fingerprint density at radius 3 is 2.65 bits per heavy atom. The molecule has 366 valence electrons. The van der Waals surface area contributed by atoms with E-state index in [-0.39, 0.29) is 57.6 Å². The highest BCUT2D eigenvalue weighted by Gasteiger charge is 2.41. The number of thiazole rings is 1. The van der Waals surface area contributed by atoms with E-state index in [0.29, 0.717) is 75.6 Å². The maximum absolute atomic E-state index is 14.6. The van der Waals surface area contributed by atoms with Crippen molar-refractivity contribution in [2.45, 2.75) is 109 Å². The zero-order chi connectivity index (χ0) is 49.2. The number of benzene rings is 1. The molecule has 68 heavy (non-hydrogen) atoms. The minimum absolute atomic E-state index is 0.0134. The van der Waals surface area contributed by atoms with Crippen LogP contribution in [0.15, 0.2) is 41.9 Å². The fourth-order valence-corrected chi connectivity index (χ4v) is 9.47. The fraction of sp³-hybridized carbons (Fsp3) is 0.551. The minimum Gasteiger partial charge on any atom is -0.378 e. The first-order chi connectivity index (χ1) is 32.1. The Morgan fingerprint density at radius 1 is 1.18 bits per heavy atom. The number of carbonyl (C=O) groups is 4. The van der Waals surface area contributed by atoms with Crippen molar-refractivity contribution in [3.63, 3.8) is 0 Å². The third kappa shape index (κ3) is 11.6. The molecule has 3 aromatic heterocycles. The lowest BCUT2D eigenvalue weighted by Crippen LogP contribution is -2.66. The summed E-state index contributed by atoms with van der Waals surface area (Å²) in [7, 11) is 5.31. The summed E-state index contributed by atoms with van der Waals surface area (Å²) >= 11 is 1.29. The van der Waals surface area contributed by atoms with Crippen LogP contribution >= 0.6 is 11.3 Å². The molecule has 4 aromatic rings. The second-order valence-corrected chi connectivity index (χ2v) is 20.4. The van der Waals surface area contributed by atoms with Crippen molar-refractivity contribution in [3.05, 3.63) is 58.2 Å². The molecule has 2 fully saturated rings. The number of nitrogens with one attached hydrogen (secondary N) is 2. The molecule has 19 heteroatoms. The molecule has 0 saturated carbocycles. The molecule has 2 saturated heterocycles. The standard InChI is InChI=1S/C49H61F3N8O7S/c1-31(65-8)43-34(11-9-18-53-43)44-36-23-46(2,3)29-66-30-48(28-61)16-10-19-60(56-48)45(64)37(54-40(62)15-20-67-33-24-58(25-33)42(63)14-17-47(4,5)57(6)7)22-41-55-38(26-68-41)32-12-13-39(35(36)21-32)59(44)27-49(50,51)52/h9,11-13,18,21,26,28,31,33,37,56H,10,15-16,19-20,22-25,27,29-30H2,1-8H3,(H,54,62)/t31-,37-,48-/m0/s1. The number of alkyl halides is 3. The summed E-state index contributed by atoms with van der Waals surface area (Å²) in [6.45, 7) is 9.35. The zero-order valence-electron chi connectivity index (χ0n) is 39.9. The molecule has 0 unspecified atom stereocenters. The van der Waals surface area contributed by atoms with Gasteiger partial charge in [0.05, 0.1) is 59.7 Å². The average molecular weight is 963 g/mol. The highest BCUT2D eigenvalue weighted by atomic mass is 32.1. The van der Waals surface area contributed by atoms with E-state index in [1.54, 1.807) is 42.3 Å². The highest BCUT2D eigenvalue weighted by molar-refractivity contribution is 7.10. The topological polar surface area (TPSA) is 160 Å². The molecular weight excluding hydrogens is 902 g/mol. The molecule has 2 N–H and O–H groups in total. The van der Waals surface area contributed by atoms with E-state index in [9.17, 15) is 32.3 Å². The van der Waals surface area contributed by atoms with Crippen LogP contribution in [0.2, 0.25) is 0 Å². The maximum Gasteiger partial charge on any atom is 0.406 e. The van der Waals surface area contributed by atoms with Gasteiger partial charge in [0, 0.05) is 73.2 Å². The van der Waals surface area contributed by atoms with E-state index in [4.69, 9.17) is 19.2 Å². The third-order valence-electron chi connectivity index (χ3n) is 13.0. The van der Waals surface area contributed by atoms with E-state index in [0.717, 1.165) is 6.29 Å². The first-order valence-corrected chi connectivity index (χ1v) is 23.7. The summed E-state index contributed by atoms with van der Waals surface area (Å²) in [5.74, 6) is 4.52. The summed E-state index contributed by atoms with van der Waals surface area (Å²) in [5, 5.41) is 7.21. The lowest BCUT2D eigenvalue weighted by molar-refractivity contribution is -0.147. The van der Waals surface area contributed by atoms with E-state index < -0.39 is 53.2 Å². The molecular formula is C49H61F3N8O7S. The summed E-state index contributed by atoms with van der Waals surface area (Å²) in [6, 6.07) is 7.67. The Kier molecular flexibility index (Phi) is 15.2. The molecule has 7 rings (SSSR count). The van der Waals surface area contributed by atoms with Crippen molar-refractivity contribution in [1.82, 2.24) is 40.1 Å². The quantitative estimate of drug-likeness (QED) is 0.139. The monoisotopic (exact) mass is 962 g/mol. The Labute approximate surface area is 399 Å². The summed E-state index contributed by atoms with van der Waals surface area (Å²) in [5.41, 5.74) is 4.31. The van der Waals surface area contributed by atoms with Crippen molar-refractivity contribution in [3.8, 4) is 34.4 Å². The van der Waals surface area contributed by atoms with E-state index >= 15 is 0 Å². The Bertz CT molecular complexity index is 2580. The number of aromatic nitrogens is 3. The van der Waals surface area contributed by atoms with Gasteiger partial charge in [0.2, 0.25) is 5.91 Å². The predicted octanol–water partition coefficient (Wildman–Crippen LogP) is 5.75.